The number of ether oxygens (including phenoxy) is 2. The first-order valence-electron chi connectivity index (χ1n) is 7.08. The van der Waals surface area contributed by atoms with E-state index in [1.807, 2.05) is 0 Å². The topological polar surface area (TPSA) is 30.5 Å². The molecule has 0 radical (unpaired) electrons. The molecule has 20 heavy (non-hydrogen) atoms. The fourth-order valence-corrected chi connectivity index (χ4v) is 2.93. The van der Waals surface area contributed by atoms with Gasteiger partial charge < -0.3 is 14.8 Å². The van der Waals surface area contributed by atoms with Crippen LogP contribution in [0.25, 0.3) is 0 Å². The van der Waals surface area contributed by atoms with Gasteiger partial charge in [-0.05, 0) is 43.5 Å². The molecule has 1 aromatic carbocycles. The molecule has 2 aliphatic rings. The van der Waals surface area contributed by atoms with Crippen molar-refractivity contribution in [3.63, 3.8) is 0 Å². The van der Waals surface area contributed by atoms with E-state index in [2.05, 4.69) is 5.32 Å². The fraction of sp³-hybridized carbons (Fsp3) is 0.600. The summed E-state index contributed by atoms with van der Waals surface area (Å²) in [5.74, 6) is -1.88. The first kappa shape index (κ1) is 13.6. The number of halogens is 2. The van der Waals surface area contributed by atoms with Crippen LogP contribution in [-0.2, 0) is 12.3 Å². The van der Waals surface area contributed by atoms with Crippen molar-refractivity contribution in [2.75, 3.05) is 13.3 Å². The van der Waals surface area contributed by atoms with Crippen LogP contribution >= 0.6 is 0 Å². The standard InChI is InChI=1S/C15H19F2NO2/c1-15(16,17)12-8-14-13(19-9-20-14)7-10(12)6-11-4-2-3-5-18-11/h7-8,11,18H,2-6,9H2,1H3. The van der Waals surface area contributed by atoms with E-state index >= 15 is 0 Å². The number of hydrogen-bond acceptors (Lipinski definition) is 3. The molecule has 3 rings (SSSR count). The molecule has 1 unspecified atom stereocenters. The van der Waals surface area contributed by atoms with E-state index in [1.165, 1.54) is 6.07 Å². The van der Waals surface area contributed by atoms with Crippen LogP contribution in [0.3, 0.4) is 0 Å². The Morgan fingerprint density at radius 1 is 1.25 bits per heavy atom. The van der Waals surface area contributed by atoms with E-state index in [0.29, 0.717) is 23.5 Å². The van der Waals surface area contributed by atoms with Gasteiger partial charge in [-0.2, -0.15) is 0 Å². The van der Waals surface area contributed by atoms with Gasteiger partial charge in [0.1, 0.15) is 0 Å². The number of rotatable bonds is 3. The SMILES string of the molecule is CC(F)(F)c1cc2c(cc1CC1CCCCN1)OCO2. The van der Waals surface area contributed by atoms with Gasteiger partial charge in [-0.1, -0.05) is 6.42 Å². The second-order valence-electron chi connectivity index (χ2n) is 5.60. The third-order valence-electron chi connectivity index (χ3n) is 3.95. The van der Waals surface area contributed by atoms with Gasteiger partial charge in [0.05, 0.1) is 0 Å². The quantitative estimate of drug-likeness (QED) is 0.924. The molecule has 0 aromatic heterocycles. The Morgan fingerprint density at radius 3 is 2.65 bits per heavy atom. The maximum Gasteiger partial charge on any atom is 0.270 e. The third-order valence-corrected chi connectivity index (χ3v) is 3.95. The van der Waals surface area contributed by atoms with Crippen molar-refractivity contribution in [1.29, 1.82) is 0 Å². The average Bonchev–Trinajstić information content (AvgIpc) is 2.85. The van der Waals surface area contributed by atoms with Crippen molar-refractivity contribution < 1.29 is 18.3 Å². The van der Waals surface area contributed by atoms with E-state index in [4.69, 9.17) is 9.47 Å². The Morgan fingerprint density at radius 2 is 2.00 bits per heavy atom. The lowest BCUT2D eigenvalue weighted by Crippen LogP contribution is -2.36. The lowest BCUT2D eigenvalue weighted by atomic mass is 9.92. The van der Waals surface area contributed by atoms with E-state index in [1.54, 1.807) is 6.07 Å². The number of piperidine rings is 1. The summed E-state index contributed by atoms with van der Waals surface area (Å²) in [5.41, 5.74) is 0.704. The number of alkyl halides is 2. The zero-order valence-electron chi connectivity index (χ0n) is 11.5. The van der Waals surface area contributed by atoms with Gasteiger partial charge in [-0.25, -0.2) is 8.78 Å². The molecule has 2 aliphatic heterocycles. The second-order valence-corrected chi connectivity index (χ2v) is 5.60. The van der Waals surface area contributed by atoms with Gasteiger partial charge in [0.15, 0.2) is 11.5 Å². The maximum atomic E-state index is 13.8. The molecule has 0 saturated carbocycles. The second kappa shape index (κ2) is 5.20. The Kier molecular flexibility index (Phi) is 3.54. The first-order valence-corrected chi connectivity index (χ1v) is 7.08. The van der Waals surface area contributed by atoms with Gasteiger partial charge in [0.25, 0.3) is 5.92 Å². The molecule has 0 aliphatic carbocycles. The molecule has 1 N–H and O–H groups in total. The van der Waals surface area contributed by atoms with Crippen molar-refractivity contribution >= 4 is 0 Å². The van der Waals surface area contributed by atoms with Gasteiger partial charge in [-0.3, -0.25) is 0 Å². The highest BCUT2D eigenvalue weighted by Crippen LogP contribution is 2.41. The predicted octanol–water partition coefficient (Wildman–Crippen LogP) is 3.21. The summed E-state index contributed by atoms with van der Waals surface area (Å²) in [5, 5.41) is 3.40. The Hall–Kier alpha value is -1.36. The summed E-state index contributed by atoms with van der Waals surface area (Å²) in [7, 11) is 0. The number of fused-ring (bicyclic) bond motifs is 1. The van der Waals surface area contributed by atoms with E-state index in [0.717, 1.165) is 32.7 Å². The molecule has 0 bridgehead atoms. The summed E-state index contributed by atoms with van der Waals surface area (Å²) in [6.07, 6.45) is 3.95. The van der Waals surface area contributed by atoms with Crippen LogP contribution < -0.4 is 14.8 Å². The number of nitrogens with one attached hydrogen (secondary N) is 1. The molecule has 2 heterocycles. The summed E-state index contributed by atoms with van der Waals surface area (Å²) in [6, 6.07) is 3.41. The maximum absolute atomic E-state index is 13.8. The number of hydrogen-bond donors (Lipinski definition) is 1. The van der Waals surface area contributed by atoms with Gasteiger partial charge in [-0.15, -0.1) is 0 Å². The summed E-state index contributed by atoms with van der Waals surface area (Å²) in [4.78, 5) is 0. The lowest BCUT2D eigenvalue weighted by molar-refractivity contribution is 0.0162. The van der Waals surface area contributed by atoms with Gasteiger partial charge in [0, 0.05) is 18.5 Å². The van der Waals surface area contributed by atoms with Crippen LogP contribution in [-0.4, -0.2) is 19.4 Å². The molecule has 1 saturated heterocycles. The van der Waals surface area contributed by atoms with Gasteiger partial charge in [0.2, 0.25) is 6.79 Å². The molecule has 3 nitrogen and oxygen atoms in total. The zero-order chi connectivity index (χ0) is 14.2. The van der Waals surface area contributed by atoms with Crippen LogP contribution in [0.15, 0.2) is 12.1 Å². The van der Waals surface area contributed by atoms with Crippen molar-refractivity contribution in [3.05, 3.63) is 23.3 Å². The molecule has 1 aromatic rings. The normalized spacial score (nSPS) is 22.1. The number of benzene rings is 1. The zero-order valence-corrected chi connectivity index (χ0v) is 11.5. The van der Waals surface area contributed by atoms with E-state index in [-0.39, 0.29) is 18.4 Å². The monoisotopic (exact) mass is 283 g/mol. The minimum Gasteiger partial charge on any atom is -0.454 e. The Labute approximate surface area is 117 Å². The van der Waals surface area contributed by atoms with Crippen LogP contribution in [0.1, 0.15) is 37.3 Å². The summed E-state index contributed by atoms with van der Waals surface area (Å²) >= 11 is 0. The highest BCUT2D eigenvalue weighted by Gasteiger charge is 2.31. The molecule has 0 spiro atoms. The van der Waals surface area contributed by atoms with Gasteiger partial charge >= 0.3 is 0 Å². The van der Waals surface area contributed by atoms with Crippen molar-refractivity contribution in [2.45, 2.75) is 44.6 Å². The Balaban J connectivity index is 1.91. The minimum atomic E-state index is -2.87. The molecule has 0 amide bonds. The summed E-state index contributed by atoms with van der Waals surface area (Å²) in [6.45, 7) is 2.00. The highest BCUT2D eigenvalue weighted by atomic mass is 19.3. The van der Waals surface area contributed by atoms with Crippen LogP contribution in [0.4, 0.5) is 8.78 Å². The predicted molar refractivity (Wildman–Crippen MR) is 71.5 cm³/mol. The molecular weight excluding hydrogens is 264 g/mol. The van der Waals surface area contributed by atoms with Crippen molar-refractivity contribution in [1.82, 2.24) is 5.32 Å². The van der Waals surface area contributed by atoms with Crippen molar-refractivity contribution in [3.8, 4) is 11.5 Å². The fourth-order valence-electron chi connectivity index (χ4n) is 2.93. The van der Waals surface area contributed by atoms with Crippen LogP contribution in [0, 0.1) is 0 Å². The third kappa shape index (κ3) is 2.73. The Bertz CT molecular complexity index is 493. The molecule has 110 valence electrons. The largest absolute Gasteiger partial charge is 0.454 e. The smallest absolute Gasteiger partial charge is 0.270 e. The average molecular weight is 283 g/mol. The molecular formula is C15H19F2NO2. The van der Waals surface area contributed by atoms with Crippen LogP contribution in [0.5, 0.6) is 11.5 Å². The summed E-state index contributed by atoms with van der Waals surface area (Å²) < 4.78 is 38.2. The van der Waals surface area contributed by atoms with Crippen molar-refractivity contribution in [2.24, 2.45) is 0 Å². The highest BCUT2D eigenvalue weighted by molar-refractivity contribution is 5.50. The molecule has 5 heteroatoms. The minimum absolute atomic E-state index is 0.0501. The lowest BCUT2D eigenvalue weighted by Gasteiger charge is -2.25. The molecule has 1 atom stereocenters. The van der Waals surface area contributed by atoms with E-state index < -0.39 is 5.92 Å². The van der Waals surface area contributed by atoms with Crippen LogP contribution in [0.2, 0.25) is 0 Å². The molecule has 1 fully saturated rings. The first-order chi connectivity index (χ1) is 9.54. The van der Waals surface area contributed by atoms with E-state index in [9.17, 15) is 8.78 Å².